The highest BCUT2D eigenvalue weighted by molar-refractivity contribution is 6.39. The van der Waals surface area contributed by atoms with E-state index in [2.05, 4.69) is 5.32 Å². The zero-order valence-electron chi connectivity index (χ0n) is 12.4. The van der Waals surface area contributed by atoms with Gasteiger partial charge in [0.15, 0.2) is 0 Å². The molecule has 1 aliphatic rings. The summed E-state index contributed by atoms with van der Waals surface area (Å²) in [7, 11) is 0. The van der Waals surface area contributed by atoms with Crippen LogP contribution in [0.4, 0.5) is 14.5 Å². The number of hydrogen-bond donors (Lipinski definition) is 2. The van der Waals surface area contributed by atoms with Crippen molar-refractivity contribution in [2.75, 3.05) is 25.0 Å². The van der Waals surface area contributed by atoms with Crippen molar-refractivity contribution < 1.29 is 23.2 Å². The lowest BCUT2D eigenvalue weighted by molar-refractivity contribution is -0.136. The lowest BCUT2D eigenvalue weighted by Gasteiger charge is -2.15. The highest BCUT2D eigenvalue weighted by Crippen LogP contribution is 2.15. The van der Waals surface area contributed by atoms with E-state index in [4.69, 9.17) is 0 Å². The zero-order valence-corrected chi connectivity index (χ0v) is 12.4. The summed E-state index contributed by atoms with van der Waals surface area (Å²) in [6, 6.07) is 2.56. The third-order valence-corrected chi connectivity index (χ3v) is 3.44. The normalized spacial score (nSPS) is 14.0. The van der Waals surface area contributed by atoms with E-state index < -0.39 is 29.1 Å². The van der Waals surface area contributed by atoms with Gasteiger partial charge in [-0.05, 0) is 25.0 Å². The minimum absolute atomic E-state index is 0.0932. The molecule has 0 aromatic heterocycles. The van der Waals surface area contributed by atoms with Gasteiger partial charge in [-0.1, -0.05) is 0 Å². The molecule has 23 heavy (non-hydrogen) atoms. The van der Waals surface area contributed by atoms with Crippen molar-refractivity contribution in [3.8, 4) is 0 Å². The summed E-state index contributed by atoms with van der Waals surface area (Å²) in [5, 5.41) is 4.38. The predicted molar refractivity (Wildman–Crippen MR) is 78.4 cm³/mol. The molecular formula is C15H17F2N3O3. The van der Waals surface area contributed by atoms with Crippen LogP contribution in [0.25, 0.3) is 0 Å². The van der Waals surface area contributed by atoms with Crippen molar-refractivity contribution in [3.05, 3.63) is 29.8 Å². The highest BCUT2D eigenvalue weighted by atomic mass is 19.1. The SMILES string of the molecule is O=C(NCCCN1CCCC1=O)C(=O)Nc1cc(F)ccc1F. The van der Waals surface area contributed by atoms with Crippen molar-refractivity contribution in [1.82, 2.24) is 10.2 Å². The van der Waals surface area contributed by atoms with Crippen molar-refractivity contribution in [1.29, 1.82) is 0 Å². The molecule has 1 aromatic rings. The van der Waals surface area contributed by atoms with Gasteiger partial charge in [0.2, 0.25) is 5.91 Å². The third kappa shape index (κ3) is 4.73. The average Bonchev–Trinajstić information content (AvgIpc) is 2.92. The van der Waals surface area contributed by atoms with Crippen LogP contribution in [0.1, 0.15) is 19.3 Å². The molecule has 124 valence electrons. The van der Waals surface area contributed by atoms with Crippen LogP contribution < -0.4 is 10.6 Å². The Hall–Kier alpha value is -2.51. The molecule has 0 spiro atoms. The summed E-state index contributed by atoms with van der Waals surface area (Å²) < 4.78 is 26.3. The number of rotatable bonds is 5. The average molecular weight is 325 g/mol. The molecule has 8 heteroatoms. The van der Waals surface area contributed by atoms with Crippen LogP contribution >= 0.6 is 0 Å². The lowest BCUT2D eigenvalue weighted by atomic mass is 10.3. The van der Waals surface area contributed by atoms with Crippen LogP contribution in [0.2, 0.25) is 0 Å². The largest absolute Gasteiger partial charge is 0.348 e. The van der Waals surface area contributed by atoms with Gasteiger partial charge in [0, 0.05) is 32.1 Å². The number of carbonyl (C=O) groups excluding carboxylic acids is 3. The molecular weight excluding hydrogens is 308 g/mol. The summed E-state index contributed by atoms with van der Waals surface area (Å²) in [5.74, 6) is -3.48. The van der Waals surface area contributed by atoms with E-state index in [1.807, 2.05) is 5.32 Å². The summed E-state index contributed by atoms with van der Waals surface area (Å²) in [5.41, 5.74) is -0.396. The fourth-order valence-corrected chi connectivity index (χ4v) is 2.26. The highest BCUT2D eigenvalue weighted by Gasteiger charge is 2.20. The fraction of sp³-hybridized carbons (Fsp3) is 0.400. The van der Waals surface area contributed by atoms with E-state index >= 15 is 0 Å². The topological polar surface area (TPSA) is 78.5 Å². The zero-order chi connectivity index (χ0) is 16.8. The van der Waals surface area contributed by atoms with Crippen LogP contribution in [-0.4, -0.2) is 42.3 Å². The van der Waals surface area contributed by atoms with Crippen molar-refractivity contribution >= 4 is 23.4 Å². The molecule has 0 saturated carbocycles. The Morgan fingerprint density at radius 2 is 2.00 bits per heavy atom. The second kappa shape index (κ2) is 7.66. The minimum atomic E-state index is -1.08. The molecule has 0 bridgehead atoms. The van der Waals surface area contributed by atoms with Gasteiger partial charge >= 0.3 is 11.8 Å². The van der Waals surface area contributed by atoms with Gasteiger partial charge in [0.1, 0.15) is 11.6 Å². The van der Waals surface area contributed by atoms with Crippen LogP contribution in [-0.2, 0) is 14.4 Å². The Balaban J connectivity index is 1.73. The smallest absolute Gasteiger partial charge is 0.313 e. The molecule has 1 aliphatic heterocycles. The summed E-state index contributed by atoms with van der Waals surface area (Å²) in [6.45, 7) is 1.44. The number of amides is 3. The molecule has 1 heterocycles. The number of nitrogens with zero attached hydrogens (tertiary/aromatic N) is 1. The molecule has 1 saturated heterocycles. The lowest BCUT2D eigenvalue weighted by Crippen LogP contribution is -2.37. The second-order valence-corrected chi connectivity index (χ2v) is 5.17. The number of hydrogen-bond acceptors (Lipinski definition) is 3. The van der Waals surface area contributed by atoms with E-state index in [1.165, 1.54) is 0 Å². The summed E-state index contributed by atoms with van der Waals surface area (Å²) >= 11 is 0. The van der Waals surface area contributed by atoms with Crippen LogP contribution in [0.3, 0.4) is 0 Å². The second-order valence-electron chi connectivity index (χ2n) is 5.17. The molecule has 2 rings (SSSR count). The van der Waals surface area contributed by atoms with Gasteiger partial charge in [-0.15, -0.1) is 0 Å². The molecule has 3 amide bonds. The number of benzene rings is 1. The molecule has 1 fully saturated rings. The van der Waals surface area contributed by atoms with Gasteiger partial charge in [-0.2, -0.15) is 0 Å². The van der Waals surface area contributed by atoms with Gasteiger partial charge in [0.25, 0.3) is 0 Å². The Morgan fingerprint density at radius 1 is 1.22 bits per heavy atom. The van der Waals surface area contributed by atoms with Gasteiger partial charge < -0.3 is 15.5 Å². The van der Waals surface area contributed by atoms with Gasteiger partial charge in [-0.25, -0.2) is 8.78 Å². The van der Waals surface area contributed by atoms with Crippen molar-refractivity contribution in [3.63, 3.8) is 0 Å². The first-order valence-electron chi connectivity index (χ1n) is 7.29. The Morgan fingerprint density at radius 3 is 2.70 bits per heavy atom. The van der Waals surface area contributed by atoms with E-state index in [9.17, 15) is 23.2 Å². The molecule has 2 N–H and O–H groups in total. The van der Waals surface area contributed by atoms with E-state index in [0.29, 0.717) is 25.9 Å². The Labute approximate surface area is 131 Å². The number of nitrogens with one attached hydrogen (secondary N) is 2. The fourth-order valence-electron chi connectivity index (χ4n) is 2.26. The summed E-state index contributed by atoms with van der Waals surface area (Å²) in [4.78, 5) is 36.3. The van der Waals surface area contributed by atoms with E-state index in [0.717, 1.165) is 24.6 Å². The molecule has 0 atom stereocenters. The maximum absolute atomic E-state index is 13.4. The third-order valence-electron chi connectivity index (χ3n) is 3.44. The molecule has 0 aliphatic carbocycles. The Bertz CT molecular complexity index is 622. The first kappa shape index (κ1) is 16.9. The van der Waals surface area contributed by atoms with Crippen molar-refractivity contribution in [2.24, 2.45) is 0 Å². The maximum atomic E-state index is 13.4. The number of anilines is 1. The first-order chi connectivity index (χ1) is 11.0. The Kier molecular flexibility index (Phi) is 5.61. The predicted octanol–water partition coefficient (Wildman–Crippen LogP) is 1.03. The number of likely N-dealkylation sites (tertiary alicyclic amines) is 1. The number of carbonyl (C=O) groups is 3. The quantitative estimate of drug-likeness (QED) is 0.627. The van der Waals surface area contributed by atoms with Crippen molar-refractivity contribution in [2.45, 2.75) is 19.3 Å². The number of halogens is 2. The maximum Gasteiger partial charge on any atom is 0.313 e. The minimum Gasteiger partial charge on any atom is -0.348 e. The van der Waals surface area contributed by atoms with Gasteiger partial charge in [-0.3, -0.25) is 14.4 Å². The van der Waals surface area contributed by atoms with Gasteiger partial charge in [0.05, 0.1) is 5.69 Å². The summed E-state index contributed by atoms with van der Waals surface area (Å²) in [6.07, 6.45) is 1.90. The molecule has 1 aromatic carbocycles. The van der Waals surface area contributed by atoms with Crippen LogP contribution in [0.15, 0.2) is 18.2 Å². The van der Waals surface area contributed by atoms with E-state index in [1.54, 1.807) is 4.90 Å². The van der Waals surface area contributed by atoms with Crippen LogP contribution in [0, 0.1) is 11.6 Å². The molecule has 6 nitrogen and oxygen atoms in total. The first-order valence-corrected chi connectivity index (χ1v) is 7.29. The monoisotopic (exact) mass is 325 g/mol. The van der Waals surface area contributed by atoms with Crippen LogP contribution in [0.5, 0.6) is 0 Å². The molecule has 0 radical (unpaired) electrons. The molecule has 0 unspecified atom stereocenters. The van der Waals surface area contributed by atoms with E-state index in [-0.39, 0.29) is 12.5 Å². The standard InChI is InChI=1S/C15H17F2N3O3/c16-10-4-5-11(17)12(9-10)19-15(23)14(22)18-6-2-8-20-7-1-3-13(20)21/h4-5,9H,1-3,6-8H2,(H,18,22)(H,19,23).